The molecule has 0 aromatic carbocycles. The molecule has 0 aliphatic carbocycles. The van der Waals surface area contributed by atoms with E-state index in [9.17, 15) is 24.0 Å². The van der Waals surface area contributed by atoms with Crippen LogP contribution in [-0.2, 0) is 28.7 Å². The molecule has 0 aliphatic heterocycles. The predicted octanol–water partition coefficient (Wildman–Crippen LogP) is -1.88. The minimum Gasteiger partial charge on any atom is -0.480 e. The molecule has 25 heavy (non-hydrogen) atoms. The predicted molar refractivity (Wildman–Crippen MR) is 86.5 cm³/mol. The zero-order chi connectivity index (χ0) is 19.4. The van der Waals surface area contributed by atoms with Crippen molar-refractivity contribution in [2.75, 3.05) is 18.2 Å². The number of carbonyl (C=O) groups is 5. The average Bonchev–Trinajstić information content (AvgIpc) is 2.52. The summed E-state index contributed by atoms with van der Waals surface area (Å²) in [5.41, 5.74) is 5.29. The molecule has 0 bridgehead atoms. The third-order valence-electron chi connectivity index (χ3n) is 2.70. The molecule has 0 fully saturated rings. The van der Waals surface area contributed by atoms with Crippen molar-refractivity contribution in [3.05, 3.63) is 0 Å². The van der Waals surface area contributed by atoms with Crippen LogP contribution in [0.5, 0.6) is 0 Å². The first-order chi connectivity index (χ1) is 11.6. The summed E-state index contributed by atoms with van der Waals surface area (Å²) in [6.45, 7) is 0.592. The maximum absolute atomic E-state index is 11.9. The Morgan fingerprint density at radius 1 is 1.20 bits per heavy atom. The van der Waals surface area contributed by atoms with Crippen LogP contribution in [0.25, 0.3) is 0 Å². The molecule has 6 N–H and O–H groups in total. The summed E-state index contributed by atoms with van der Waals surface area (Å²) in [5, 5.41) is 21.7. The molecular weight excluding hydrogens is 358 g/mol. The third kappa shape index (κ3) is 11.8. The highest BCUT2D eigenvalue weighted by Crippen LogP contribution is 2.05. The van der Waals surface area contributed by atoms with Gasteiger partial charge in [0, 0.05) is 19.1 Å². The van der Waals surface area contributed by atoms with E-state index in [0.717, 1.165) is 11.8 Å². The minimum absolute atomic E-state index is 0.0233. The zero-order valence-corrected chi connectivity index (χ0v) is 14.3. The highest BCUT2D eigenvalue weighted by Gasteiger charge is 2.22. The fourth-order valence-corrected chi connectivity index (χ4v) is 2.25. The lowest BCUT2D eigenvalue weighted by molar-refractivity contribution is -0.139. The molecule has 0 aliphatic rings. The number of esters is 1. The number of aliphatic carboxylic acids is 2. The van der Waals surface area contributed by atoms with Crippen LogP contribution in [0.15, 0.2) is 0 Å². The van der Waals surface area contributed by atoms with Gasteiger partial charge in [-0.25, -0.2) is 0 Å². The van der Waals surface area contributed by atoms with E-state index in [1.807, 2.05) is 0 Å². The van der Waals surface area contributed by atoms with E-state index in [4.69, 9.17) is 15.9 Å². The summed E-state index contributed by atoms with van der Waals surface area (Å²) in [4.78, 5) is 55.5. The first-order valence-corrected chi connectivity index (χ1v) is 8.27. The SMILES string of the molecule is CC(=O)OCSC[C@H](NC(=O)CC[C@H](N)C(=O)O)C(=O)NCC(=O)O. The smallest absolute Gasteiger partial charge is 0.322 e. The van der Waals surface area contributed by atoms with Crippen LogP contribution in [0.4, 0.5) is 0 Å². The van der Waals surface area contributed by atoms with Gasteiger partial charge in [0.15, 0.2) is 0 Å². The second-order valence-corrected chi connectivity index (χ2v) is 5.82. The van der Waals surface area contributed by atoms with Crippen molar-refractivity contribution >= 4 is 41.5 Å². The number of hydrogen-bond donors (Lipinski definition) is 5. The molecule has 0 aromatic heterocycles. The van der Waals surface area contributed by atoms with Gasteiger partial charge in [0.25, 0.3) is 0 Å². The van der Waals surface area contributed by atoms with Crippen LogP contribution >= 0.6 is 11.8 Å². The maximum atomic E-state index is 11.9. The normalized spacial score (nSPS) is 12.6. The summed E-state index contributed by atoms with van der Waals surface area (Å²) in [6.07, 6.45) is -0.337. The number of hydrogen-bond acceptors (Lipinski definition) is 8. The number of ether oxygens (including phenoxy) is 1. The van der Waals surface area contributed by atoms with Crippen molar-refractivity contribution in [1.29, 1.82) is 0 Å². The Bertz CT molecular complexity index is 514. The molecule has 0 heterocycles. The topological polar surface area (TPSA) is 185 Å². The van der Waals surface area contributed by atoms with E-state index in [-0.39, 0.29) is 24.5 Å². The lowest BCUT2D eigenvalue weighted by atomic mass is 10.1. The number of thioether (sulfide) groups is 1. The maximum Gasteiger partial charge on any atom is 0.322 e. The Morgan fingerprint density at radius 2 is 1.84 bits per heavy atom. The Balaban J connectivity index is 4.55. The van der Waals surface area contributed by atoms with E-state index in [1.54, 1.807) is 0 Å². The number of carbonyl (C=O) groups excluding carboxylic acids is 3. The van der Waals surface area contributed by atoms with Crippen LogP contribution in [0, 0.1) is 0 Å². The van der Waals surface area contributed by atoms with Crippen LogP contribution in [0.1, 0.15) is 19.8 Å². The van der Waals surface area contributed by atoms with Crippen LogP contribution in [0.2, 0.25) is 0 Å². The summed E-state index contributed by atoms with van der Waals surface area (Å²) >= 11 is 1.04. The Morgan fingerprint density at radius 3 is 2.36 bits per heavy atom. The molecule has 2 amide bonds. The molecule has 0 rings (SSSR count). The van der Waals surface area contributed by atoms with E-state index in [0.29, 0.717) is 0 Å². The van der Waals surface area contributed by atoms with Gasteiger partial charge in [0.2, 0.25) is 11.8 Å². The molecule has 11 nitrogen and oxygen atoms in total. The van der Waals surface area contributed by atoms with E-state index < -0.39 is 48.4 Å². The monoisotopic (exact) mass is 379 g/mol. The van der Waals surface area contributed by atoms with Gasteiger partial charge < -0.3 is 31.3 Å². The number of nitrogens with two attached hydrogens (primary N) is 1. The van der Waals surface area contributed by atoms with Gasteiger partial charge >= 0.3 is 17.9 Å². The Kier molecular flexibility index (Phi) is 11.0. The minimum atomic E-state index is -1.25. The van der Waals surface area contributed by atoms with Crippen molar-refractivity contribution < 1.29 is 38.9 Å². The summed E-state index contributed by atoms with van der Waals surface area (Å²) in [6, 6.07) is -2.28. The van der Waals surface area contributed by atoms with Gasteiger partial charge in [0.05, 0.1) is 0 Å². The van der Waals surface area contributed by atoms with E-state index >= 15 is 0 Å². The fraction of sp³-hybridized carbons (Fsp3) is 0.615. The number of carboxylic acids is 2. The van der Waals surface area contributed by atoms with Gasteiger partial charge in [-0.1, -0.05) is 0 Å². The van der Waals surface area contributed by atoms with Gasteiger partial charge in [-0.15, -0.1) is 11.8 Å². The highest BCUT2D eigenvalue weighted by atomic mass is 32.2. The first-order valence-electron chi connectivity index (χ1n) is 7.11. The number of amides is 2. The van der Waals surface area contributed by atoms with Crippen molar-refractivity contribution in [3.8, 4) is 0 Å². The van der Waals surface area contributed by atoms with Crippen LogP contribution in [-0.4, -0.2) is 70.3 Å². The second-order valence-electron chi connectivity index (χ2n) is 4.84. The summed E-state index contributed by atoms with van der Waals surface area (Å²) in [5.74, 6) is -4.37. The second kappa shape index (κ2) is 12.1. The molecule has 0 saturated carbocycles. The fourth-order valence-electron chi connectivity index (χ4n) is 1.44. The van der Waals surface area contributed by atoms with Crippen molar-refractivity contribution in [1.82, 2.24) is 10.6 Å². The molecule has 2 atom stereocenters. The zero-order valence-electron chi connectivity index (χ0n) is 13.5. The lowest BCUT2D eigenvalue weighted by Gasteiger charge is -2.18. The van der Waals surface area contributed by atoms with Crippen LogP contribution < -0.4 is 16.4 Å². The quantitative estimate of drug-likeness (QED) is 0.146. The Hall–Kier alpha value is -2.34. The Labute approximate surface area is 147 Å². The largest absolute Gasteiger partial charge is 0.480 e. The van der Waals surface area contributed by atoms with Crippen molar-refractivity contribution in [2.45, 2.75) is 31.8 Å². The number of rotatable bonds is 12. The molecular formula is C13H21N3O8S. The van der Waals surface area contributed by atoms with Gasteiger partial charge in [-0.3, -0.25) is 24.0 Å². The molecule has 0 radical (unpaired) electrons. The molecule has 142 valence electrons. The lowest BCUT2D eigenvalue weighted by Crippen LogP contribution is -2.49. The summed E-state index contributed by atoms with van der Waals surface area (Å²) < 4.78 is 4.68. The molecule has 0 aromatic rings. The van der Waals surface area contributed by atoms with Crippen molar-refractivity contribution in [3.63, 3.8) is 0 Å². The number of carboxylic acid groups (broad SMARTS) is 2. The van der Waals surface area contributed by atoms with Crippen molar-refractivity contribution in [2.24, 2.45) is 5.73 Å². The average molecular weight is 379 g/mol. The molecule has 0 spiro atoms. The highest BCUT2D eigenvalue weighted by molar-refractivity contribution is 7.99. The number of nitrogens with one attached hydrogen (secondary N) is 2. The van der Waals surface area contributed by atoms with Gasteiger partial charge in [0.1, 0.15) is 24.6 Å². The third-order valence-corrected chi connectivity index (χ3v) is 3.55. The molecule has 0 unspecified atom stereocenters. The molecule has 0 saturated heterocycles. The first kappa shape index (κ1) is 22.7. The molecule has 12 heteroatoms. The van der Waals surface area contributed by atoms with Crippen LogP contribution in [0.3, 0.4) is 0 Å². The van der Waals surface area contributed by atoms with E-state index in [2.05, 4.69) is 15.4 Å². The van der Waals surface area contributed by atoms with Gasteiger partial charge in [-0.05, 0) is 6.42 Å². The van der Waals surface area contributed by atoms with E-state index in [1.165, 1.54) is 6.92 Å². The summed E-state index contributed by atoms with van der Waals surface area (Å²) in [7, 11) is 0. The van der Waals surface area contributed by atoms with Gasteiger partial charge in [-0.2, -0.15) is 0 Å². The standard InChI is InChI=1S/C13H21N3O8S/c1-7(17)24-6-25-5-9(12(21)15-4-11(19)20)16-10(18)3-2-8(14)13(22)23/h8-9H,2-6,14H2,1H3,(H,15,21)(H,16,18)(H,19,20)(H,22,23)/t8-,9-/m0/s1.